The lowest BCUT2D eigenvalue weighted by Gasteiger charge is -2.17. The third-order valence-corrected chi connectivity index (χ3v) is 5.25. The van der Waals surface area contributed by atoms with Crippen LogP contribution in [0.3, 0.4) is 0 Å². The van der Waals surface area contributed by atoms with E-state index in [2.05, 4.69) is 61.9 Å². The Hall–Kier alpha value is -2.22. The van der Waals surface area contributed by atoms with Gasteiger partial charge in [-0.1, -0.05) is 44.6 Å². The van der Waals surface area contributed by atoms with E-state index in [9.17, 15) is 0 Å². The van der Waals surface area contributed by atoms with Crippen LogP contribution in [0.1, 0.15) is 61.9 Å². The van der Waals surface area contributed by atoms with Crippen molar-refractivity contribution in [3.63, 3.8) is 0 Å². The summed E-state index contributed by atoms with van der Waals surface area (Å²) < 4.78 is 0. The molecular weight excluding hydrogens is 304 g/mol. The highest BCUT2D eigenvalue weighted by Crippen LogP contribution is 2.35. The summed E-state index contributed by atoms with van der Waals surface area (Å²) in [5, 5.41) is 0. The SMILES string of the molecule is C=C(C1=C/C(=C/CC)C(=NC)C=C1)c1ccc(C2CCCC2)nc1C. The normalized spacial score (nSPS) is 21.2. The van der Waals surface area contributed by atoms with Crippen LogP contribution in [0, 0.1) is 6.92 Å². The fourth-order valence-electron chi connectivity index (χ4n) is 3.83. The number of pyridine rings is 1. The van der Waals surface area contributed by atoms with E-state index >= 15 is 0 Å². The molecule has 0 bridgehead atoms. The average Bonchev–Trinajstić information content (AvgIpc) is 3.16. The molecule has 1 fully saturated rings. The van der Waals surface area contributed by atoms with E-state index < -0.39 is 0 Å². The van der Waals surface area contributed by atoms with Crippen LogP contribution >= 0.6 is 0 Å². The zero-order valence-corrected chi connectivity index (χ0v) is 15.7. The minimum absolute atomic E-state index is 0.650. The molecule has 2 aliphatic rings. The predicted octanol–water partition coefficient (Wildman–Crippen LogP) is 5.96. The van der Waals surface area contributed by atoms with Crippen LogP contribution in [-0.2, 0) is 0 Å². The first-order valence-electron chi connectivity index (χ1n) is 9.38. The molecular formula is C23H28N2. The van der Waals surface area contributed by atoms with Crippen molar-refractivity contribution in [1.29, 1.82) is 0 Å². The Bertz CT molecular complexity index is 784. The van der Waals surface area contributed by atoms with E-state index in [0.29, 0.717) is 5.92 Å². The number of hydrogen-bond acceptors (Lipinski definition) is 2. The van der Waals surface area contributed by atoms with Gasteiger partial charge in [0.05, 0.1) is 5.71 Å². The molecule has 2 nitrogen and oxygen atoms in total. The quantitative estimate of drug-likeness (QED) is 0.667. The first-order chi connectivity index (χ1) is 12.1. The molecule has 0 N–H and O–H groups in total. The van der Waals surface area contributed by atoms with Gasteiger partial charge in [-0.25, -0.2) is 0 Å². The van der Waals surface area contributed by atoms with Gasteiger partial charge in [0.1, 0.15) is 0 Å². The van der Waals surface area contributed by atoms with Gasteiger partial charge in [-0.15, -0.1) is 0 Å². The van der Waals surface area contributed by atoms with E-state index in [4.69, 9.17) is 4.98 Å². The number of hydrogen-bond donors (Lipinski definition) is 0. The van der Waals surface area contributed by atoms with Gasteiger partial charge in [-0.2, -0.15) is 0 Å². The Labute approximate surface area is 151 Å². The van der Waals surface area contributed by atoms with Gasteiger partial charge >= 0.3 is 0 Å². The molecule has 1 aromatic heterocycles. The first kappa shape index (κ1) is 17.6. The minimum Gasteiger partial charge on any atom is -0.288 e. The fourth-order valence-corrected chi connectivity index (χ4v) is 3.83. The topological polar surface area (TPSA) is 25.2 Å². The standard InChI is InChI=1S/C23H28N2/c1-5-8-20-15-19(11-13-22(20)24-4)16(2)21-12-14-23(25-17(21)3)18-9-6-7-10-18/h8,11-15,18H,2,5-7,9-10H2,1,3-4H3/b20-8-,24-22?. The van der Waals surface area contributed by atoms with E-state index in [1.165, 1.54) is 37.0 Å². The molecule has 0 aliphatic heterocycles. The summed E-state index contributed by atoms with van der Waals surface area (Å²) in [4.78, 5) is 9.27. The van der Waals surface area contributed by atoms with Gasteiger partial charge in [0.15, 0.2) is 0 Å². The Morgan fingerprint density at radius 3 is 2.68 bits per heavy atom. The second-order valence-electron chi connectivity index (χ2n) is 6.94. The van der Waals surface area contributed by atoms with Crippen molar-refractivity contribution in [2.75, 3.05) is 7.05 Å². The second-order valence-corrected chi connectivity index (χ2v) is 6.94. The van der Waals surface area contributed by atoms with Crippen molar-refractivity contribution < 1.29 is 0 Å². The number of aromatic nitrogens is 1. The molecule has 0 aromatic carbocycles. The molecule has 0 spiro atoms. The molecule has 3 rings (SSSR count). The van der Waals surface area contributed by atoms with Crippen molar-refractivity contribution in [3.8, 4) is 0 Å². The lowest BCUT2D eigenvalue weighted by molar-refractivity contribution is 0.694. The molecule has 2 heteroatoms. The molecule has 130 valence electrons. The number of aryl methyl sites for hydroxylation is 1. The average molecular weight is 332 g/mol. The van der Waals surface area contributed by atoms with E-state index in [1.807, 2.05) is 7.05 Å². The maximum atomic E-state index is 4.91. The predicted molar refractivity (Wildman–Crippen MR) is 108 cm³/mol. The maximum absolute atomic E-state index is 4.91. The van der Waals surface area contributed by atoms with Crippen LogP contribution in [0.25, 0.3) is 5.57 Å². The summed E-state index contributed by atoms with van der Waals surface area (Å²) in [6, 6.07) is 4.41. The molecule has 2 aliphatic carbocycles. The van der Waals surface area contributed by atoms with Crippen molar-refractivity contribution >= 4 is 11.3 Å². The number of aliphatic imine (C=N–C) groups is 1. The van der Waals surface area contributed by atoms with Crippen molar-refractivity contribution in [1.82, 2.24) is 4.98 Å². The zero-order valence-electron chi connectivity index (χ0n) is 15.7. The van der Waals surface area contributed by atoms with Gasteiger partial charge in [-0.05, 0) is 61.1 Å². The molecule has 0 unspecified atom stereocenters. The summed E-state index contributed by atoms with van der Waals surface area (Å²) in [7, 11) is 1.84. The molecule has 1 heterocycles. The summed E-state index contributed by atoms with van der Waals surface area (Å²) >= 11 is 0. The first-order valence-corrected chi connectivity index (χ1v) is 9.38. The second kappa shape index (κ2) is 7.77. The minimum atomic E-state index is 0.650. The van der Waals surface area contributed by atoms with E-state index in [1.54, 1.807) is 0 Å². The molecule has 0 atom stereocenters. The molecule has 25 heavy (non-hydrogen) atoms. The van der Waals surface area contributed by atoms with Gasteiger partial charge < -0.3 is 0 Å². The molecule has 0 amide bonds. The Kier molecular flexibility index (Phi) is 5.47. The highest BCUT2D eigenvalue weighted by Gasteiger charge is 2.20. The molecule has 0 radical (unpaired) electrons. The summed E-state index contributed by atoms with van der Waals surface area (Å²) in [5.41, 5.74) is 7.88. The summed E-state index contributed by atoms with van der Waals surface area (Å²) in [6.07, 6.45) is 14.8. The van der Waals surface area contributed by atoms with Crippen LogP contribution < -0.4 is 0 Å². The number of nitrogens with zero attached hydrogens (tertiary/aromatic N) is 2. The van der Waals surface area contributed by atoms with Crippen LogP contribution in [0.15, 0.2) is 59.2 Å². The third-order valence-electron chi connectivity index (χ3n) is 5.25. The lowest BCUT2D eigenvalue weighted by Crippen LogP contribution is -2.05. The Morgan fingerprint density at radius 1 is 1.28 bits per heavy atom. The third kappa shape index (κ3) is 3.73. The van der Waals surface area contributed by atoms with Crippen LogP contribution in [0.5, 0.6) is 0 Å². The van der Waals surface area contributed by atoms with Crippen LogP contribution in [0.4, 0.5) is 0 Å². The van der Waals surface area contributed by atoms with Crippen LogP contribution in [-0.4, -0.2) is 17.7 Å². The van der Waals surface area contributed by atoms with Gasteiger partial charge in [-0.3, -0.25) is 9.98 Å². The smallest absolute Gasteiger partial charge is 0.0640 e. The van der Waals surface area contributed by atoms with Crippen molar-refractivity contribution in [2.45, 2.75) is 51.9 Å². The fraction of sp³-hybridized carbons (Fsp3) is 0.391. The summed E-state index contributed by atoms with van der Waals surface area (Å²) in [5.74, 6) is 0.650. The van der Waals surface area contributed by atoms with E-state index in [-0.39, 0.29) is 0 Å². The highest BCUT2D eigenvalue weighted by atomic mass is 14.7. The Morgan fingerprint density at radius 2 is 2.04 bits per heavy atom. The molecule has 0 saturated heterocycles. The van der Waals surface area contributed by atoms with Gasteiger partial charge in [0, 0.05) is 29.9 Å². The lowest BCUT2D eigenvalue weighted by atomic mass is 9.90. The molecule has 1 aromatic rings. The van der Waals surface area contributed by atoms with Gasteiger partial charge in [0.2, 0.25) is 0 Å². The van der Waals surface area contributed by atoms with Crippen molar-refractivity contribution in [2.24, 2.45) is 4.99 Å². The summed E-state index contributed by atoms with van der Waals surface area (Å²) in [6.45, 7) is 8.61. The monoisotopic (exact) mass is 332 g/mol. The number of allylic oxidation sites excluding steroid dienone is 7. The van der Waals surface area contributed by atoms with Crippen molar-refractivity contribution in [3.05, 3.63) is 71.1 Å². The highest BCUT2D eigenvalue weighted by molar-refractivity contribution is 6.13. The van der Waals surface area contributed by atoms with E-state index in [0.717, 1.165) is 34.5 Å². The Balaban J connectivity index is 1.88. The van der Waals surface area contributed by atoms with Gasteiger partial charge in [0.25, 0.3) is 0 Å². The number of rotatable bonds is 4. The largest absolute Gasteiger partial charge is 0.288 e. The van der Waals surface area contributed by atoms with Crippen LogP contribution in [0.2, 0.25) is 0 Å². The maximum Gasteiger partial charge on any atom is 0.0640 e. The molecule has 1 saturated carbocycles. The zero-order chi connectivity index (χ0) is 17.8.